The summed E-state index contributed by atoms with van der Waals surface area (Å²) in [5, 5.41) is 3.79. The van der Waals surface area contributed by atoms with Gasteiger partial charge in [-0.15, -0.1) is 0 Å². The number of aliphatic imine (C=N–C) groups is 1. The molecule has 1 N–H and O–H groups in total. The van der Waals surface area contributed by atoms with Crippen molar-refractivity contribution in [2.45, 2.75) is 31.9 Å². The Kier molecular flexibility index (Phi) is 7.86. The van der Waals surface area contributed by atoms with Crippen LogP contribution in [0.15, 0.2) is 102 Å². The predicted molar refractivity (Wildman–Crippen MR) is 168 cm³/mol. The van der Waals surface area contributed by atoms with Gasteiger partial charge in [-0.1, -0.05) is 54.6 Å². The van der Waals surface area contributed by atoms with Crippen LogP contribution in [-0.4, -0.2) is 12.8 Å². The first kappa shape index (κ1) is 26.6. The summed E-state index contributed by atoms with van der Waals surface area (Å²) < 4.78 is 26.1. The molecule has 4 aromatic carbocycles. The number of para-hydroxylation sites is 1. The van der Waals surface area contributed by atoms with Gasteiger partial charge in [0.15, 0.2) is 11.5 Å². The zero-order chi connectivity index (χ0) is 27.5. The third-order valence-electron chi connectivity index (χ3n) is 7.52. The third-order valence-corrected chi connectivity index (χ3v) is 8.32. The highest BCUT2D eigenvalue weighted by Crippen LogP contribution is 2.49. The molecule has 4 aromatic rings. The molecule has 4 nitrogen and oxygen atoms in total. The zero-order valence-corrected chi connectivity index (χ0v) is 24.3. The van der Waals surface area contributed by atoms with Crippen molar-refractivity contribution in [1.29, 1.82) is 0 Å². The van der Waals surface area contributed by atoms with Crippen molar-refractivity contribution in [1.82, 2.24) is 0 Å². The van der Waals surface area contributed by atoms with E-state index < -0.39 is 0 Å². The normalized spacial score (nSPS) is 19.2. The number of nitrogens with one attached hydrogen (secondary N) is 1. The van der Waals surface area contributed by atoms with Crippen LogP contribution in [0, 0.1) is 15.3 Å². The fourth-order valence-corrected chi connectivity index (χ4v) is 6.37. The van der Waals surface area contributed by atoms with E-state index in [1.807, 2.05) is 25.3 Å². The third kappa shape index (κ3) is 5.63. The molecule has 0 radical (unpaired) electrons. The highest BCUT2D eigenvalue weighted by atomic mass is 127. The Morgan fingerprint density at radius 3 is 2.60 bits per heavy atom. The van der Waals surface area contributed by atoms with Crippen LogP contribution in [0.1, 0.15) is 47.6 Å². The van der Waals surface area contributed by atoms with Gasteiger partial charge in [0.25, 0.3) is 0 Å². The molecule has 0 saturated carbocycles. The molecule has 40 heavy (non-hydrogen) atoms. The Morgan fingerprint density at radius 2 is 1.80 bits per heavy atom. The first-order valence-corrected chi connectivity index (χ1v) is 14.7. The second-order valence-corrected chi connectivity index (χ2v) is 11.3. The van der Waals surface area contributed by atoms with Crippen molar-refractivity contribution in [2.24, 2.45) is 10.9 Å². The van der Waals surface area contributed by atoms with Gasteiger partial charge in [0.1, 0.15) is 12.4 Å². The molecular weight excluding hydrogens is 614 g/mol. The second-order valence-electron chi connectivity index (χ2n) is 10.1. The van der Waals surface area contributed by atoms with Gasteiger partial charge in [-0.2, -0.15) is 0 Å². The maximum atomic E-state index is 13.2. The maximum absolute atomic E-state index is 13.2. The maximum Gasteiger partial charge on any atom is 0.175 e. The lowest BCUT2D eigenvalue weighted by molar-refractivity contribution is 0.267. The average Bonchev–Trinajstić information content (AvgIpc) is 3.47. The molecule has 3 atom stereocenters. The topological polar surface area (TPSA) is 42.8 Å². The number of hydrogen-bond acceptors (Lipinski definition) is 4. The minimum atomic E-state index is -0.261. The Balaban J connectivity index is 1.17. The SMILES string of the molecule is CCOc1cc(C=Nc2ccc([C@@H]3Nc4ccccc4[C@@H]4C=CC[C@H]43)cc2)cc(I)c1OCc1ccc(F)cc1. The number of nitrogens with zero attached hydrogens (tertiary/aromatic N) is 1. The number of ether oxygens (including phenoxy) is 2. The fraction of sp³-hybridized carbons (Fsp3) is 0.206. The van der Waals surface area contributed by atoms with Gasteiger partial charge in [-0.3, -0.25) is 4.99 Å². The number of halogens is 2. The van der Waals surface area contributed by atoms with Crippen molar-refractivity contribution < 1.29 is 13.9 Å². The number of benzene rings is 4. The number of hydrogen-bond donors (Lipinski definition) is 1. The Hall–Kier alpha value is -3.65. The lowest BCUT2D eigenvalue weighted by Gasteiger charge is -2.37. The van der Waals surface area contributed by atoms with Crippen LogP contribution in [-0.2, 0) is 6.61 Å². The van der Waals surface area contributed by atoms with Gasteiger partial charge in [-0.25, -0.2) is 4.39 Å². The largest absolute Gasteiger partial charge is 0.490 e. The van der Waals surface area contributed by atoms with Crippen LogP contribution in [0.2, 0.25) is 0 Å². The van der Waals surface area contributed by atoms with E-state index in [1.54, 1.807) is 12.1 Å². The van der Waals surface area contributed by atoms with Gasteiger partial charge in [0, 0.05) is 17.8 Å². The lowest BCUT2D eigenvalue weighted by atomic mass is 9.77. The van der Waals surface area contributed by atoms with Crippen molar-refractivity contribution in [3.05, 3.63) is 129 Å². The molecular formula is C34H30FIN2O2. The standard InChI is InChI=1S/C34H30FIN2O2/c1-2-39-32-19-23(18-30(36)34(32)40-21-22-10-14-25(35)15-11-22)20-37-26-16-12-24(13-17-26)33-29-8-5-7-27(29)28-6-3-4-9-31(28)38-33/h3-7,9-20,27,29,33,38H,2,8,21H2,1H3/t27-,29+,33-/m0/s1. The summed E-state index contributed by atoms with van der Waals surface area (Å²) in [4.78, 5) is 4.75. The lowest BCUT2D eigenvalue weighted by Crippen LogP contribution is -2.28. The molecule has 0 aromatic heterocycles. The Labute approximate surface area is 248 Å². The Morgan fingerprint density at radius 1 is 1.00 bits per heavy atom. The van der Waals surface area contributed by atoms with Crippen LogP contribution in [0.4, 0.5) is 15.8 Å². The monoisotopic (exact) mass is 644 g/mol. The first-order valence-electron chi connectivity index (χ1n) is 13.6. The van der Waals surface area contributed by atoms with E-state index in [1.165, 1.54) is 28.9 Å². The summed E-state index contributed by atoms with van der Waals surface area (Å²) in [5.74, 6) is 2.06. The van der Waals surface area contributed by atoms with Gasteiger partial charge in [0.2, 0.25) is 0 Å². The number of allylic oxidation sites excluding steroid dienone is 2. The summed E-state index contributed by atoms with van der Waals surface area (Å²) in [6, 6.07) is 27.8. The molecule has 6 heteroatoms. The predicted octanol–water partition coefficient (Wildman–Crippen LogP) is 8.99. The average molecular weight is 645 g/mol. The zero-order valence-electron chi connectivity index (χ0n) is 22.2. The van der Waals surface area contributed by atoms with Crippen molar-refractivity contribution in [3.8, 4) is 11.5 Å². The van der Waals surface area contributed by atoms with Crippen LogP contribution in [0.25, 0.3) is 0 Å². The number of anilines is 1. The highest BCUT2D eigenvalue weighted by molar-refractivity contribution is 14.1. The van der Waals surface area contributed by atoms with E-state index in [2.05, 4.69) is 88.6 Å². The molecule has 0 amide bonds. The van der Waals surface area contributed by atoms with Gasteiger partial charge >= 0.3 is 0 Å². The second kappa shape index (κ2) is 11.8. The van der Waals surface area contributed by atoms with Crippen LogP contribution in [0.5, 0.6) is 11.5 Å². The molecule has 1 heterocycles. The van der Waals surface area contributed by atoms with E-state index in [-0.39, 0.29) is 11.9 Å². The van der Waals surface area contributed by atoms with Crippen LogP contribution < -0.4 is 14.8 Å². The quantitative estimate of drug-likeness (QED) is 0.118. The summed E-state index contributed by atoms with van der Waals surface area (Å²) in [6.07, 6.45) is 7.63. The van der Waals surface area contributed by atoms with E-state index in [0.717, 1.165) is 26.8 Å². The minimum absolute atomic E-state index is 0.261. The Bertz CT molecular complexity index is 1550. The fourth-order valence-electron chi connectivity index (χ4n) is 5.59. The van der Waals surface area contributed by atoms with E-state index in [0.29, 0.717) is 36.5 Å². The summed E-state index contributed by atoms with van der Waals surface area (Å²) >= 11 is 2.26. The highest BCUT2D eigenvalue weighted by Gasteiger charge is 2.37. The summed E-state index contributed by atoms with van der Waals surface area (Å²) in [7, 11) is 0. The molecule has 0 saturated heterocycles. The van der Waals surface area contributed by atoms with Crippen molar-refractivity contribution >= 4 is 40.2 Å². The minimum Gasteiger partial charge on any atom is -0.490 e. The first-order chi connectivity index (χ1) is 19.6. The molecule has 2 aliphatic rings. The summed E-state index contributed by atoms with van der Waals surface area (Å²) in [6.45, 7) is 2.79. The number of rotatable bonds is 8. The van der Waals surface area contributed by atoms with E-state index >= 15 is 0 Å². The van der Waals surface area contributed by atoms with Gasteiger partial charge in [-0.05, 0) is 107 Å². The molecule has 1 aliphatic carbocycles. The molecule has 0 bridgehead atoms. The molecule has 202 valence electrons. The molecule has 0 spiro atoms. The van der Waals surface area contributed by atoms with Crippen molar-refractivity contribution in [2.75, 3.05) is 11.9 Å². The summed E-state index contributed by atoms with van der Waals surface area (Å²) in [5.41, 5.74) is 6.62. The van der Waals surface area contributed by atoms with Gasteiger partial charge < -0.3 is 14.8 Å². The molecule has 6 rings (SSSR count). The van der Waals surface area contributed by atoms with Crippen LogP contribution >= 0.6 is 22.6 Å². The molecule has 0 unspecified atom stereocenters. The molecule has 0 fully saturated rings. The van der Waals surface area contributed by atoms with Gasteiger partial charge in [0.05, 0.1) is 21.9 Å². The molecule has 1 aliphatic heterocycles. The van der Waals surface area contributed by atoms with Crippen LogP contribution in [0.3, 0.4) is 0 Å². The smallest absolute Gasteiger partial charge is 0.175 e. The van der Waals surface area contributed by atoms with Crippen molar-refractivity contribution in [3.63, 3.8) is 0 Å². The van der Waals surface area contributed by atoms with E-state index in [9.17, 15) is 4.39 Å². The number of fused-ring (bicyclic) bond motifs is 3. The van der Waals surface area contributed by atoms with E-state index in [4.69, 9.17) is 14.5 Å².